The number of ether oxygens (including phenoxy) is 2. The summed E-state index contributed by atoms with van der Waals surface area (Å²) in [6.07, 6.45) is 0.732. The summed E-state index contributed by atoms with van der Waals surface area (Å²) in [5, 5.41) is 3.76. The SMILES string of the molecule is COc1ccc(CCC(=O)N(Cc2ccc(Cl)c(Cl)c2)[C@@H](C)C(=O)NCC(C)C)cc1OC. The Balaban J connectivity index is 2.19. The number of nitrogens with one attached hydrogen (secondary N) is 1. The summed E-state index contributed by atoms with van der Waals surface area (Å²) in [6, 6.07) is 10.1. The molecule has 0 spiro atoms. The molecule has 0 unspecified atom stereocenters. The highest BCUT2D eigenvalue weighted by molar-refractivity contribution is 6.42. The van der Waals surface area contributed by atoms with Crippen molar-refractivity contribution in [2.24, 2.45) is 5.92 Å². The van der Waals surface area contributed by atoms with Crippen LogP contribution >= 0.6 is 23.2 Å². The number of aryl methyl sites for hydroxylation is 1. The summed E-state index contributed by atoms with van der Waals surface area (Å²) >= 11 is 12.2. The summed E-state index contributed by atoms with van der Waals surface area (Å²) in [5.74, 6) is 1.22. The van der Waals surface area contributed by atoms with Crippen LogP contribution in [0.15, 0.2) is 36.4 Å². The maximum absolute atomic E-state index is 13.3. The molecule has 2 aromatic rings. The predicted molar refractivity (Wildman–Crippen MR) is 132 cm³/mol. The number of amides is 2. The zero-order chi connectivity index (χ0) is 24.5. The van der Waals surface area contributed by atoms with E-state index in [9.17, 15) is 9.59 Å². The summed E-state index contributed by atoms with van der Waals surface area (Å²) in [5.41, 5.74) is 1.74. The van der Waals surface area contributed by atoms with Gasteiger partial charge in [-0.25, -0.2) is 0 Å². The molecule has 0 aliphatic rings. The number of halogens is 2. The fraction of sp³-hybridized carbons (Fsp3) is 0.440. The second kappa shape index (κ2) is 12.7. The molecule has 2 aromatic carbocycles. The van der Waals surface area contributed by atoms with E-state index in [-0.39, 0.29) is 24.8 Å². The third kappa shape index (κ3) is 7.83. The topological polar surface area (TPSA) is 67.9 Å². The lowest BCUT2D eigenvalue weighted by atomic mass is 10.1. The monoisotopic (exact) mass is 494 g/mol. The lowest BCUT2D eigenvalue weighted by Crippen LogP contribution is -2.48. The Hall–Kier alpha value is -2.44. The highest BCUT2D eigenvalue weighted by Crippen LogP contribution is 2.28. The first-order valence-corrected chi connectivity index (χ1v) is 11.6. The van der Waals surface area contributed by atoms with E-state index in [1.807, 2.05) is 38.1 Å². The van der Waals surface area contributed by atoms with Crippen LogP contribution in [0.2, 0.25) is 10.0 Å². The number of nitrogens with zero attached hydrogens (tertiary/aromatic N) is 1. The van der Waals surface area contributed by atoms with Crippen LogP contribution in [-0.4, -0.2) is 43.5 Å². The van der Waals surface area contributed by atoms with Gasteiger partial charge in [0, 0.05) is 19.5 Å². The number of methoxy groups -OCH3 is 2. The number of rotatable bonds is 11. The zero-order valence-electron chi connectivity index (χ0n) is 19.8. The normalized spacial score (nSPS) is 11.8. The van der Waals surface area contributed by atoms with Crippen LogP contribution in [-0.2, 0) is 22.6 Å². The van der Waals surface area contributed by atoms with Crippen LogP contribution < -0.4 is 14.8 Å². The van der Waals surface area contributed by atoms with Crippen molar-refractivity contribution in [3.8, 4) is 11.5 Å². The molecule has 0 aromatic heterocycles. The molecule has 0 aliphatic heterocycles. The Labute approximate surface area is 206 Å². The van der Waals surface area contributed by atoms with Crippen molar-refractivity contribution in [3.63, 3.8) is 0 Å². The van der Waals surface area contributed by atoms with Crippen LogP contribution in [0.4, 0.5) is 0 Å². The molecule has 1 atom stereocenters. The molecule has 0 fully saturated rings. The molecule has 33 heavy (non-hydrogen) atoms. The average Bonchev–Trinajstić information content (AvgIpc) is 2.80. The van der Waals surface area contributed by atoms with E-state index < -0.39 is 6.04 Å². The van der Waals surface area contributed by atoms with Gasteiger partial charge >= 0.3 is 0 Å². The van der Waals surface area contributed by atoms with E-state index in [0.717, 1.165) is 11.1 Å². The Morgan fingerprint density at radius 2 is 1.61 bits per heavy atom. The van der Waals surface area contributed by atoms with Crippen molar-refractivity contribution >= 4 is 35.0 Å². The maximum atomic E-state index is 13.3. The van der Waals surface area contributed by atoms with E-state index >= 15 is 0 Å². The molecular formula is C25H32Cl2N2O4. The summed E-state index contributed by atoms with van der Waals surface area (Å²) in [6.45, 7) is 6.57. The van der Waals surface area contributed by atoms with Crippen molar-refractivity contribution in [2.75, 3.05) is 20.8 Å². The fourth-order valence-corrected chi connectivity index (χ4v) is 3.62. The van der Waals surface area contributed by atoms with Crippen LogP contribution in [0.25, 0.3) is 0 Å². The Bertz CT molecular complexity index is 965. The minimum Gasteiger partial charge on any atom is -0.493 e. The van der Waals surface area contributed by atoms with Crippen molar-refractivity contribution in [1.29, 1.82) is 0 Å². The number of hydrogen-bond donors (Lipinski definition) is 1. The van der Waals surface area contributed by atoms with Gasteiger partial charge in [-0.15, -0.1) is 0 Å². The average molecular weight is 495 g/mol. The Morgan fingerprint density at radius 1 is 0.939 bits per heavy atom. The molecule has 6 nitrogen and oxygen atoms in total. The summed E-state index contributed by atoms with van der Waals surface area (Å²) < 4.78 is 10.6. The molecule has 0 aliphatic carbocycles. The molecule has 0 saturated heterocycles. The van der Waals surface area contributed by atoms with Crippen LogP contribution in [0, 0.1) is 5.92 Å². The number of carbonyl (C=O) groups is 2. The molecule has 0 bridgehead atoms. The molecule has 0 radical (unpaired) electrons. The van der Waals surface area contributed by atoms with E-state index in [2.05, 4.69) is 5.32 Å². The van der Waals surface area contributed by atoms with E-state index in [4.69, 9.17) is 32.7 Å². The predicted octanol–water partition coefficient (Wildman–Crippen LogP) is 5.13. The highest BCUT2D eigenvalue weighted by atomic mass is 35.5. The Morgan fingerprint density at radius 3 is 2.21 bits per heavy atom. The summed E-state index contributed by atoms with van der Waals surface area (Å²) in [7, 11) is 3.15. The second-order valence-electron chi connectivity index (χ2n) is 8.27. The van der Waals surface area contributed by atoms with Gasteiger partial charge in [-0.1, -0.05) is 49.2 Å². The minimum atomic E-state index is -0.642. The van der Waals surface area contributed by atoms with Gasteiger partial charge < -0.3 is 19.7 Å². The molecular weight excluding hydrogens is 463 g/mol. The van der Waals surface area contributed by atoms with Gasteiger partial charge in [0.1, 0.15) is 6.04 Å². The van der Waals surface area contributed by atoms with Crippen molar-refractivity contribution in [2.45, 2.75) is 46.2 Å². The van der Waals surface area contributed by atoms with Crippen molar-refractivity contribution in [1.82, 2.24) is 10.2 Å². The second-order valence-corrected chi connectivity index (χ2v) is 9.09. The van der Waals surface area contributed by atoms with Crippen molar-refractivity contribution < 1.29 is 19.1 Å². The van der Waals surface area contributed by atoms with Gasteiger partial charge in [0.25, 0.3) is 0 Å². The van der Waals surface area contributed by atoms with Crippen LogP contribution in [0.1, 0.15) is 38.3 Å². The molecule has 0 heterocycles. The first kappa shape index (κ1) is 26.8. The standard InChI is InChI=1S/C25H32Cl2N2O4/c1-16(2)14-28-25(31)17(3)29(15-19-6-9-20(26)21(27)12-19)24(30)11-8-18-7-10-22(32-4)23(13-18)33-5/h6-7,9-10,12-13,16-17H,8,11,14-15H2,1-5H3,(H,28,31)/t17-/m0/s1. The number of benzene rings is 2. The lowest BCUT2D eigenvalue weighted by Gasteiger charge is -2.29. The molecule has 8 heteroatoms. The van der Waals surface area contributed by atoms with E-state index in [1.165, 1.54) is 0 Å². The van der Waals surface area contributed by atoms with Gasteiger partial charge in [0.05, 0.1) is 24.3 Å². The molecule has 0 saturated carbocycles. The number of hydrogen-bond acceptors (Lipinski definition) is 4. The highest BCUT2D eigenvalue weighted by Gasteiger charge is 2.26. The molecule has 1 N–H and O–H groups in total. The first-order chi connectivity index (χ1) is 15.7. The van der Waals surface area contributed by atoms with Gasteiger partial charge in [-0.05, 0) is 54.7 Å². The third-order valence-corrected chi connectivity index (χ3v) is 6.00. The Kier molecular flexibility index (Phi) is 10.3. The smallest absolute Gasteiger partial charge is 0.242 e. The zero-order valence-corrected chi connectivity index (χ0v) is 21.3. The van der Waals surface area contributed by atoms with Gasteiger partial charge in [-0.2, -0.15) is 0 Å². The van der Waals surface area contributed by atoms with Gasteiger partial charge in [0.15, 0.2) is 11.5 Å². The van der Waals surface area contributed by atoms with Gasteiger partial charge in [0.2, 0.25) is 11.8 Å². The van der Waals surface area contributed by atoms with Crippen molar-refractivity contribution in [3.05, 3.63) is 57.6 Å². The fourth-order valence-electron chi connectivity index (χ4n) is 3.30. The molecule has 180 valence electrons. The largest absolute Gasteiger partial charge is 0.493 e. The van der Waals surface area contributed by atoms with Crippen LogP contribution in [0.3, 0.4) is 0 Å². The molecule has 2 amide bonds. The van der Waals surface area contributed by atoms with Gasteiger partial charge in [-0.3, -0.25) is 9.59 Å². The lowest BCUT2D eigenvalue weighted by molar-refractivity contribution is -0.140. The third-order valence-electron chi connectivity index (χ3n) is 5.26. The summed E-state index contributed by atoms with van der Waals surface area (Å²) in [4.78, 5) is 27.6. The minimum absolute atomic E-state index is 0.136. The first-order valence-electron chi connectivity index (χ1n) is 10.9. The maximum Gasteiger partial charge on any atom is 0.242 e. The van der Waals surface area contributed by atoms with E-state index in [1.54, 1.807) is 38.2 Å². The quantitative estimate of drug-likeness (QED) is 0.469. The number of carbonyl (C=O) groups excluding carboxylic acids is 2. The van der Waals surface area contributed by atoms with Crippen LogP contribution in [0.5, 0.6) is 11.5 Å². The molecule has 2 rings (SSSR count). The van der Waals surface area contributed by atoms with E-state index in [0.29, 0.717) is 40.4 Å².